The van der Waals surface area contributed by atoms with Gasteiger partial charge in [-0.3, -0.25) is 15.0 Å². The lowest BCUT2D eigenvalue weighted by atomic mass is 9.98. The number of rotatable bonds is 7. The van der Waals surface area contributed by atoms with Gasteiger partial charge in [0.25, 0.3) is 5.91 Å². The predicted molar refractivity (Wildman–Crippen MR) is 99.8 cm³/mol. The summed E-state index contributed by atoms with van der Waals surface area (Å²) in [6.07, 6.45) is 2.29. The zero-order chi connectivity index (χ0) is 20.0. The fourth-order valence-electron chi connectivity index (χ4n) is 3.18. The fourth-order valence-corrected chi connectivity index (χ4v) is 5.12. The Labute approximate surface area is 163 Å². The normalized spacial score (nSPS) is 16.3. The van der Waals surface area contributed by atoms with Crippen molar-refractivity contribution in [1.82, 2.24) is 10.5 Å². The number of pyridine rings is 1. The van der Waals surface area contributed by atoms with Crippen molar-refractivity contribution in [2.45, 2.75) is 28.9 Å². The molecule has 2 N–H and O–H groups in total. The van der Waals surface area contributed by atoms with E-state index in [1.807, 2.05) is 18.2 Å². The van der Waals surface area contributed by atoms with Gasteiger partial charge in [0.1, 0.15) is 5.75 Å². The summed E-state index contributed by atoms with van der Waals surface area (Å²) in [5, 5.41) is 9.07. The zero-order valence-electron chi connectivity index (χ0n) is 15.2. The molecule has 8 nitrogen and oxygen atoms in total. The minimum Gasteiger partial charge on any atom is -0.493 e. The Balaban J connectivity index is 1.73. The number of benzene rings is 1. The van der Waals surface area contributed by atoms with Crippen LogP contribution < -0.4 is 10.2 Å². The van der Waals surface area contributed by atoms with Gasteiger partial charge >= 0.3 is 0 Å². The van der Waals surface area contributed by atoms with Gasteiger partial charge in [-0.25, -0.2) is 13.9 Å². The Morgan fingerprint density at radius 1 is 1.18 bits per heavy atom. The Morgan fingerprint density at radius 2 is 1.89 bits per heavy atom. The Hall–Kier alpha value is -2.49. The molecule has 150 valence electrons. The van der Waals surface area contributed by atoms with Crippen molar-refractivity contribution in [3.63, 3.8) is 0 Å². The van der Waals surface area contributed by atoms with E-state index in [2.05, 4.69) is 4.98 Å². The molecular weight excluding hydrogens is 384 g/mol. The molecule has 9 heteroatoms. The highest BCUT2D eigenvalue weighted by atomic mass is 32.2. The van der Waals surface area contributed by atoms with Gasteiger partial charge in [0.05, 0.1) is 11.5 Å². The van der Waals surface area contributed by atoms with Gasteiger partial charge in [0, 0.05) is 31.5 Å². The number of sulfone groups is 1. The second-order valence-corrected chi connectivity index (χ2v) is 8.70. The molecule has 0 atom stereocenters. The Bertz CT molecular complexity index is 894. The third-order valence-electron chi connectivity index (χ3n) is 4.82. The second kappa shape index (κ2) is 8.68. The third kappa shape index (κ3) is 4.01. The zero-order valence-corrected chi connectivity index (χ0v) is 16.0. The largest absolute Gasteiger partial charge is 0.493 e. The SMILES string of the molecule is O=C(NO)C1(S(=O)(=O)c2ccc(OCCc3ccccn3)cc2)CCOCC1. The number of nitrogens with one attached hydrogen (secondary N) is 1. The summed E-state index contributed by atoms with van der Waals surface area (Å²) in [6, 6.07) is 11.6. The Morgan fingerprint density at radius 3 is 2.50 bits per heavy atom. The molecule has 3 rings (SSSR count). The van der Waals surface area contributed by atoms with E-state index in [-0.39, 0.29) is 31.0 Å². The maximum atomic E-state index is 13.1. The number of amides is 1. The molecule has 1 saturated heterocycles. The lowest BCUT2D eigenvalue weighted by Gasteiger charge is -2.34. The van der Waals surface area contributed by atoms with Crippen LogP contribution in [0.2, 0.25) is 0 Å². The van der Waals surface area contributed by atoms with Gasteiger partial charge in [0.2, 0.25) is 0 Å². The minimum atomic E-state index is -4.03. The molecule has 0 aliphatic carbocycles. The topological polar surface area (TPSA) is 115 Å². The van der Waals surface area contributed by atoms with Crippen molar-refractivity contribution in [2.24, 2.45) is 0 Å². The first-order valence-corrected chi connectivity index (χ1v) is 10.4. The van der Waals surface area contributed by atoms with Crippen molar-refractivity contribution >= 4 is 15.7 Å². The molecule has 28 heavy (non-hydrogen) atoms. The fraction of sp³-hybridized carbons (Fsp3) is 0.368. The first kappa shape index (κ1) is 20.2. The highest BCUT2D eigenvalue weighted by Gasteiger charge is 2.52. The second-order valence-electron chi connectivity index (χ2n) is 6.44. The molecule has 0 saturated carbocycles. The summed E-state index contributed by atoms with van der Waals surface area (Å²) in [5.41, 5.74) is 2.40. The number of ether oxygens (including phenoxy) is 2. The summed E-state index contributed by atoms with van der Waals surface area (Å²) < 4.78 is 35.4. The summed E-state index contributed by atoms with van der Waals surface area (Å²) in [4.78, 5) is 16.4. The van der Waals surface area contributed by atoms with E-state index < -0.39 is 20.5 Å². The van der Waals surface area contributed by atoms with Crippen LogP contribution in [-0.2, 0) is 25.8 Å². The molecule has 1 aliphatic heterocycles. The van der Waals surface area contributed by atoms with E-state index in [4.69, 9.17) is 14.7 Å². The van der Waals surface area contributed by atoms with Crippen molar-refractivity contribution in [2.75, 3.05) is 19.8 Å². The number of hydrogen-bond donors (Lipinski definition) is 2. The van der Waals surface area contributed by atoms with Crippen LogP contribution in [0.5, 0.6) is 5.75 Å². The molecule has 0 unspecified atom stereocenters. The number of hydrogen-bond acceptors (Lipinski definition) is 7. The minimum absolute atomic E-state index is 0.00456. The lowest BCUT2D eigenvalue weighted by Crippen LogP contribution is -2.54. The first-order valence-electron chi connectivity index (χ1n) is 8.89. The van der Waals surface area contributed by atoms with E-state index in [0.717, 1.165) is 5.69 Å². The van der Waals surface area contributed by atoms with Gasteiger partial charge in [0.15, 0.2) is 14.6 Å². The molecule has 1 aromatic heterocycles. The van der Waals surface area contributed by atoms with Crippen LogP contribution in [0.1, 0.15) is 18.5 Å². The molecule has 1 aliphatic rings. The van der Waals surface area contributed by atoms with Crippen LogP contribution >= 0.6 is 0 Å². The van der Waals surface area contributed by atoms with Gasteiger partial charge < -0.3 is 9.47 Å². The maximum absolute atomic E-state index is 13.1. The van der Waals surface area contributed by atoms with Crippen molar-refractivity contribution < 1.29 is 27.9 Å². The van der Waals surface area contributed by atoms with Gasteiger partial charge in [-0.2, -0.15) is 0 Å². The van der Waals surface area contributed by atoms with Crippen LogP contribution in [0, 0.1) is 0 Å². The molecular formula is C19H22N2O6S. The summed E-state index contributed by atoms with van der Waals surface area (Å²) >= 11 is 0. The molecule has 0 spiro atoms. The predicted octanol–water partition coefficient (Wildman–Crippen LogP) is 1.53. The molecule has 1 amide bonds. The lowest BCUT2D eigenvalue weighted by molar-refractivity contribution is -0.134. The molecule has 2 heterocycles. The number of aromatic nitrogens is 1. The van der Waals surface area contributed by atoms with E-state index in [9.17, 15) is 13.2 Å². The number of nitrogens with zero attached hydrogens (tertiary/aromatic N) is 1. The summed E-state index contributed by atoms with van der Waals surface area (Å²) in [7, 11) is -4.03. The van der Waals surface area contributed by atoms with E-state index in [1.165, 1.54) is 17.6 Å². The molecule has 0 bridgehead atoms. The molecule has 1 fully saturated rings. The molecule has 2 aromatic rings. The van der Waals surface area contributed by atoms with Gasteiger partial charge in [-0.1, -0.05) is 6.07 Å². The van der Waals surface area contributed by atoms with Crippen LogP contribution in [-0.4, -0.2) is 49.1 Å². The van der Waals surface area contributed by atoms with Crippen molar-refractivity contribution in [3.05, 3.63) is 54.4 Å². The first-order chi connectivity index (χ1) is 13.5. The van der Waals surface area contributed by atoms with E-state index in [1.54, 1.807) is 18.3 Å². The monoisotopic (exact) mass is 406 g/mol. The molecule has 1 aromatic carbocycles. The highest BCUT2D eigenvalue weighted by molar-refractivity contribution is 7.93. The number of carbonyl (C=O) groups is 1. The molecule has 0 radical (unpaired) electrons. The Kier molecular flexibility index (Phi) is 6.28. The number of hydroxylamine groups is 1. The average molecular weight is 406 g/mol. The third-order valence-corrected chi connectivity index (χ3v) is 7.33. The highest BCUT2D eigenvalue weighted by Crippen LogP contribution is 2.35. The smallest absolute Gasteiger partial charge is 0.265 e. The van der Waals surface area contributed by atoms with Crippen LogP contribution in [0.15, 0.2) is 53.6 Å². The van der Waals surface area contributed by atoms with Gasteiger partial charge in [-0.05, 0) is 49.2 Å². The van der Waals surface area contributed by atoms with Crippen molar-refractivity contribution in [3.8, 4) is 5.75 Å². The quantitative estimate of drug-likeness (QED) is 0.529. The average Bonchev–Trinajstić information content (AvgIpc) is 2.74. The van der Waals surface area contributed by atoms with Crippen LogP contribution in [0.3, 0.4) is 0 Å². The standard InChI is InChI=1S/C19H22N2O6S/c22-18(21-23)19(9-13-26-14-10-19)28(24,25)17-6-4-16(5-7-17)27-12-8-15-3-1-2-11-20-15/h1-7,11,23H,8-10,12-14H2,(H,21,22). The number of carbonyl (C=O) groups excluding carboxylic acids is 1. The van der Waals surface area contributed by atoms with Gasteiger partial charge in [-0.15, -0.1) is 0 Å². The van der Waals surface area contributed by atoms with Crippen molar-refractivity contribution in [1.29, 1.82) is 0 Å². The summed E-state index contributed by atoms with van der Waals surface area (Å²) in [5.74, 6) is -0.422. The van der Waals surface area contributed by atoms with Crippen LogP contribution in [0.25, 0.3) is 0 Å². The summed E-state index contributed by atoms with van der Waals surface area (Å²) in [6.45, 7) is 0.653. The van der Waals surface area contributed by atoms with E-state index in [0.29, 0.717) is 18.8 Å². The van der Waals surface area contributed by atoms with E-state index >= 15 is 0 Å². The maximum Gasteiger partial charge on any atom is 0.265 e. The van der Waals surface area contributed by atoms with Crippen LogP contribution in [0.4, 0.5) is 0 Å².